The van der Waals surface area contributed by atoms with Gasteiger partial charge in [0, 0.05) is 54.0 Å². The van der Waals surface area contributed by atoms with Crippen LogP contribution in [0.4, 0.5) is 4.39 Å². The molecule has 0 aliphatic carbocycles. The number of nitrogens with one attached hydrogen (secondary N) is 3. The average molecular weight is 465 g/mol. The smallest absolute Gasteiger partial charge is 0.157 e. The van der Waals surface area contributed by atoms with Crippen molar-refractivity contribution in [1.82, 2.24) is 40.4 Å². The van der Waals surface area contributed by atoms with Crippen LogP contribution in [0.1, 0.15) is 12.5 Å². The Labute approximate surface area is 199 Å². The predicted octanol–water partition coefficient (Wildman–Crippen LogP) is 4.87. The molecule has 0 radical (unpaired) electrons. The highest BCUT2D eigenvalue weighted by molar-refractivity contribution is 5.97. The molecule has 0 spiro atoms. The molecule has 8 nitrogen and oxygen atoms in total. The summed E-state index contributed by atoms with van der Waals surface area (Å²) in [5.74, 6) is 0.147. The molecule has 0 atom stereocenters. The summed E-state index contributed by atoms with van der Waals surface area (Å²) in [6, 6.07) is 11.1. The Morgan fingerprint density at radius 3 is 2.66 bits per heavy atom. The molecule has 0 aliphatic heterocycles. The molecule has 1 aromatic carbocycles. The average Bonchev–Trinajstić information content (AvgIpc) is 3.52. The maximum atomic E-state index is 15.1. The number of pyridine rings is 3. The third-order valence-electron chi connectivity index (χ3n) is 5.91. The van der Waals surface area contributed by atoms with Crippen LogP contribution in [0.5, 0.6) is 0 Å². The molecule has 35 heavy (non-hydrogen) atoms. The summed E-state index contributed by atoms with van der Waals surface area (Å²) in [6.45, 7) is 3.61. The first kappa shape index (κ1) is 21.1. The van der Waals surface area contributed by atoms with Crippen molar-refractivity contribution in [2.45, 2.75) is 13.5 Å². The van der Waals surface area contributed by atoms with Crippen LogP contribution in [-0.4, -0.2) is 41.7 Å². The van der Waals surface area contributed by atoms with E-state index in [1.807, 2.05) is 36.5 Å². The first-order valence-electron chi connectivity index (χ1n) is 11.3. The van der Waals surface area contributed by atoms with Gasteiger partial charge in [-0.2, -0.15) is 5.10 Å². The normalized spacial score (nSPS) is 11.5. The number of aromatic amines is 2. The van der Waals surface area contributed by atoms with Crippen molar-refractivity contribution in [3.63, 3.8) is 0 Å². The van der Waals surface area contributed by atoms with E-state index in [-0.39, 0.29) is 5.52 Å². The van der Waals surface area contributed by atoms with Gasteiger partial charge >= 0.3 is 0 Å². The number of nitrogens with zero attached hydrogens (tertiary/aromatic N) is 5. The van der Waals surface area contributed by atoms with Gasteiger partial charge in [-0.3, -0.25) is 20.1 Å². The second-order valence-electron chi connectivity index (χ2n) is 8.19. The summed E-state index contributed by atoms with van der Waals surface area (Å²) < 4.78 is 15.1. The number of hydrogen-bond acceptors (Lipinski definition) is 6. The number of imidazole rings is 1. The summed E-state index contributed by atoms with van der Waals surface area (Å²) in [4.78, 5) is 21.1. The fraction of sp³-hybridized carbons (Fsp3) is 0.115. The molecule has 172 valence electrons. The molecule has 0 fully saturated rings. The number of benzene rings is 1. The third kappa shape index (κ3) is 3.81. The lowest BCUT2D eigenvalue weighted by Crippen LogP contribution is -2.11. The Hall–Kier alpha value is -4.50. The van der Waals surface area contributed by atoms with E-state index in [4.69, 9.17) is 4.98 Å². The predicted molar refractivity (Wildman–Crippen MR) is 133 cm³/mol. The maximum absolute atomic E-state index is 15.1. The van der Waals surface area contributed by atoms with Gasteiger partial charge in [-0.1, -0.05) is 6.92 Å². The second-order valence-corrected chi connectivity index (χ2v) is 8.19. The number of halogens is 1. The van der Waals surface area contributed by atoms with Gasteiger partial charge in [-0.15, -0.1) is 0 Å². The minimum absolute atomic E-state index is 0.258. The van der Waals surface area contributed by atoms with Gasteiger partial charge in [0.15, 0.2) is 11.6 Å². The van der Waals surface area contributed by atoms with E-state index in [2.05, 4.69) is 42.4 Å². The number of hydrogen-bond donors (Lipinski definition) is 3. The summed E-state index contributed by atoms with van der Waals surface area (Å²) >= 11 is 0. The quantitative estimate of drug-likeness (QED) is 0.324. The first-order valence-corrected chi connectivity index (χ1v) is 11.3. The van der Waals surface area contributed by atoms with Gasteiger partial charge in [-0.05, 0) is 54.1 Å². The van der Waals surface area contributed by atoms with Gasteiger partial charge in [0.25, 0.3) is 0 Å². The molecule has 0 saturated heterocycles. The van der Waals surface area contributed by atoms with Gasteiger partial charge in [-0.25, -0.2) is 9.37 Å². The van der Waals surface area contributed by atoms with Crippen molar-refractivity contribution in [2.75, 3.05) is 6.54 Å². The fourth-order valence-electron chi connectivity index (χ4n) is 4.21. The summed E-state index contributed by atoms with van der Waals surface area (Å²) in [5, 5.41) is 11.1. The molecule has 3 N–H and O–H groups in total. The van der Waals surface area contributed by atoms with Gasteiger partial charge in [0.2, 0.25) is 0 Å². The number of rotatable bonds is 6. The Bertz CT molecular complexity index is 1660. The summed E-state index contributed by atoms with van der Waals surface area (Å²) in [6.07, 6.45) is 8.73. The SMILES string of the molecule is CCNCc1cncc(-c2cc(F)c3n[nH]c(-c4nc5c(-c6ccncc6)nccc5[nH]4)c3c2)c1. The molecule has 9 heteroatoms. The van der Waals surface area contributed by atoms with E-state index in [1.165, 1.54) is 6.07 Å². The van der Waals surface area contributed by atoms with E-state index >= 15 is 4.39 Å². The van der Waals surface area contributed by atoms with Gasteiger partial charge in [0.05, 0.1) is 11.2 Å². The first-order chi connectivity index (χ1) is 17.2. The Morgan fingerprint density at radius 2 is 1.80 bits per heavy atom. The molecular weight excluding hydrogens is 443 g/mol. The van der Waals surface area contributed by atoms with Crippen molar-refractivity contribution in [3.8, 4) is 33.9 Å². The molecule has 0 amide bonds. The summed E-state index contributed by atoms with van der Waals surface area (Å²) in [7, 11) is 0. The minimum Gasteiger partial charge on any atom is -0.337 e. The largest absolute Gasteiger partial charge is 0.337 e. The van der Waals surface area contributed by atoms with Crippen LogP contribution in [0.15, 0.2) is 67.4 Å². The van der Waals surface area contributed by atoms with Crippen molar-refractivity contribution in [3.05, 3.63) is 78.8 Å². The van der Waals surface area contributed by atoms with Crippen LogP contribution in [0.3, 0.4) is 0 Å². The monoisotopic (exact) mass is 464 g/mol. The van der Waals surface area contributed by atoms with E-state index in [0.29, 0.717) is 29.0 Å². The van der Waals surface area contributed by atoms with E-state index < -0.39 is 5.82 Å². The molecule has 0 bridgehead atoms. The lowest BCUT2D eigenvalue weighted by molar-refractivity contribution is 0.636. The zero-order chi connectivity index (χ0) is 23.8. The molecule has 5 aromatic heterocycles. The number of fused-ring (bicyclic) bond motifs is 2. The van der Waals surface area contributed by atoms with Crippen LogP contribution in [0.2, 0.25) is 0 Å². The highest BCUT2D eigenvalue weighted by Gasteiger charge is 2.18. The van der Waals surface area contributed by atoms with Crippen LogP contribution in [0.25, 0.3) is 55.8 Å². The highest BCUT2D eigenvalue weighted by atomic mass is 19.1. The Morgan fingerprint density at radius 1 is 0.914 bits per heavy atom. The zero-order valence-electron chi connectivity index (χ0n) is 18.9. The second kappa shape index (κ2) is 8.69. The van der Waals surface area contributed by atoms with Gasteiger partial charge in [0.1, 0.15) is 16.7 Å². The van der Waals surface area contributed by atoms with Crippen molar-refractivity contribution in [2.24, 2.45) is 0 Å². The summed E-state index contributed by atoms with van der Waals surface area (Å²) in [5.41, 5.74) is 6.65. The van der Waals surface area contributed by atoms with Crippen LogP contribution >= 0.6 is 0 Å². The van der Waals surface area contributed by atoms with Crippen molar-refractivity contribution in [1.29, 1.82) is 0 Å². The fourth-order valence-corrected chi connectivity index (χ4v) is 4.21. The topological polar surface area (TPSA) is 108 Å². The Balaban J connectivity index is 1.47. The van der Waals surface area contributed by atoms with Crippen LogP contribution in [-0.2, 0) is 6.54 Å². The minimum atomic E-state index is -0.410. The molecule has 0 aliphatic rings. The van der Waals surface area contributed by atoms with E-state index in [0.717, 1.165) is 40.0 Å². The molecule has 0 saturated carbocycles. The maximum Gasteiger partial charge on any atom is 0.157 e. The molecule has 6 aromatic rings. The van der Waals surface area contributed by atoms with Crippen LogP contribution in [0, 0.1) is 5.82 Å². The van der Waals surface area contributed by atoms with Crippen molar-refractivity contribution < 1.29 is 4.39 Å². The molecule has 0 unspecified atom stereocenters. The van der Waals surface area contributed by atoms with Crippen molar-refractivity contribution >= 4 is 21.9 Å². The number of aromatic nitrogens is 7. The van der Waals surface area contributed by atoms with E-state index in [1.54, 1.807) is 24.8 Å². The highest BCUT2D eigenvalue weighted by Crippen LogP contribution is 2.33. The zero-order valence-corrected chi connectivity index (χ0v) is 18.9. The molecular formula is C26H21FN8. The lowest BCUT2D eigenvalue weighted by atomic mass is 10.0. The van der Waals surface area contributed by atoms with E-state index in [9.17, 15) is 0 Å². The molecule has 6 rings (SSSR count). The number of H-pyrrole nitrogens is 2. The Kier molecular flexibility index (Phi) is 5.23. The third-order valence-corrected chi connectivity index (χ3v) is 5.91. The lowest BCUT2D eigenvalue weighted by Gasteiger charge is -2.06. The van der Waals surface area contributed by atoms with Crippen LogP contribution < -0.4 is 5.32 Å². The molecule has 5 heterocycles. The standard InChI is InChI=1S/C26H21FN8/c1-2-28-12-15-9-18(14-30-13-15)17-10-19-23(20(27)11-17)34-35-24(19)26-32-21-5-8-31-22(25(21)33-26)16-3-6-29-7-4-16/h3-11,13-14,28H,2,12H2,1H3,(H,32,33)(H,34,35). The van der Waals surface area contributed by atoms with Gasteiger partial charge < -0.3 is 10.3 Å².